The Morgan fingerprint density at radius 2 is 1.72 bits per heavy atom. The smallest absolute Gasteiger partial charge is 0.264 e. The molecule has 2 aliphatic heterocycles. The maximum Gasteiger partial charge on any atom is 0.264 e. The van der Waals surface area contributed by atoms with Crippen molar-refractivity contribution in [2.75, 3.05) is 11.9 Å². The predicted octanol–water partition coefficient (Wildman–Crippen LogP) is 5.35. The van der Waals surface area contributed by atoms with E-state index in [1.165, 1.54) is 28.7 Å². The standard InChI is InChI=1S/C24H25N3OS/c1-15-9-8-10-16(2)21(15)25-23-26-22(28)19(29-23)13-14-20-24(3,4)17-11-6-7-12-18(17)27(20)5/h6-14H,1-5H3,(H,25,26,28)/b19-13+,20-14-. The second-order valence-electron chi connectivity index (χ2n) is 8.00. The molecule has 0 unspecified atom stereocenters. The molecule has 0 aliphatic carbocycles. The van der Waals surface area contributed by atoms with Crippen LogP contribution in [0.3, 0.4) is 0 Å². The molecule has 1 saturated heterocycles. The van der Waals surface area contributed by atoms with Gasteiger partial charge in [-0.2, -0.15) is 0 Å². The lowest BCUT2D eigenvalue weighted by molar-refractivity contribution is -0.115. The van der Waals surface area contributed by atoms with Crippen LogP contribution < -0.4 is 10.2 Å². The minimum absolute atomic E-state index is 0.104. The lowest BCUT2D eigenvalue weighted by atomic mass is 9.84. The Balaban J connectivity index is 1.63. The number of hydrogen-bond acceptors (Lipinski definition) is 4. The van der Waals surface area contributed by atoms with E-state index in [4.69, 9.17) is 0 Å². The SMILES string of the molecule is Cc1cccc(C)c1N=C1NC(=O)/C(=C\C=C2/N(C)c3ccccc3C2(C)C)S1. The number of nitrogens with zero attached hydrogens (tertiary/aromatic N) is 2. The van der Waals surface area contributed by atoms with Gasteiger partial charge >= 0.3 is 0 Å². The van der Waals surface area contributed by atoms with Crippen LogP contribution in [0, 0.1) is 13.8 Å². The number of nitrogens with one attached hydrogen (secondary N) is 1. The molecule has 4 nitrogen and oxygen atoms in total. The Bertz CT molecular complexity index is 1070. The van der Waals surface area contributed by atoms with E-state index in [-0.39, 0.29) is 11.3 Å². The summed E-state index contributed by atoms with van der Waals surface area (Å²) in [6.45, 7) is 8.50. The Kier molecular flexibility index (Phi) is 4.87. The van der Waals surface area contributed by atoms with Crippen LogP contribution in [0.2, 0.25) is 0 Å². The van der Waals surface area contributed by atoms with E-state index < -0.39 is 0 Å². The normalized spacial score (nSPS) is 21.9. The van der Waals surface area contributed by atoms with Gasteiger partial charge in [-0.15, -0.1) is 0 Å². The molecule has 2 aliphatic rings. The van der Waals surface area contributed by atoms with Crippen molar-refractivity contribution in [1.29, 1.82) is 0 Å². The van der Waals surface area contributed by atoms with Crippen LogP contribution in [0.4, 0.5) is 11.4 Å². The van der Waals surface area contributed by atoms with Gasteiger partial charge in [0.05, 0.1) is 10.6 Å². The highest BCUT2D eigenvalue weighted by Gasteiger charge is 2.38. The number of amides is 1. The molecular weight excluding hydrogens is 378 g/mol. The summed E-state index contributed by atoms with van der Waals surface area (Å²) >= 11 is 1.39. The van der Waals surface area contributed by atoms with Crippen molar-refractivity contribution in [2.24, 2.45) is 4.99 Å². The highest BCUT2D eigenvalue weighted by atomic mass is 32.2. The van der Waals surface area contributed by atoms with Gasteiger partial charge in [0.1, 0.15) is 0 Å². The summed E-state index contributed by atoms with van der Waals surface area (Å²) in [5.41, 5.74) is 6.67. The summed E-state index contributed by atoms with van der Waals surface area (Å²) in [6.07, 6.45) is 3.97. The van der Waals surface area contributed by atoms with E-state index in [1.807, 2.05) is 38.1 Å². The molecule has 0 aromatic heterocycles. The number of benzene rings is 2. The maximum atomic E-state index is 12.5. The molecule has 4 rings (SSSR count). The molecule has 148 valence electrons. The number of likely N-dealkylation sites (N-methyl/N-ethyl adjacent to an activating group) is 1. The van der Waals surface area contributed by atoms with E-state index in [1.54, 1.807) is 0 Å². The number of thioether (sulfide) groups is 1. The number of para-hydroxylation sites is 2. The van der Waals surface area contributed by atoms with Crippen molar-refractivity contribution >= 4 is 34.2 Å². The first-order valence-corrected chi connectivity index (χ1v) is 10.5. The third kappa shape index (κ3) is 3.40. The molecule has 2 aromatic rings. The second-order valence-corrected chi connectivity index (χ2v) is 9.03. The number of anilines is 1. The van der Waals surface area contributed by atoms with Gasteiger partial charge in [-0.05, 0) is 60.5 Å². The van der Waals surface area contributed by atoms with Crippen molar-refractivity contribution in [3.05, 3.63) is 81.9 Å². The summed E-state index contributed by atoms with van der Waals surface area (Å²) in [6, 6.07) is 14.5. The molecule has 1 N–H and O–H groups in total. The van der Waals surface area contributed by atoms with Gasteiger partial charge in [0.2, 0.25) is 0 Å². The van der Waals surface area contributed by atoms with Gasteiger partial charge in [0, 0.05) is 23.8 Å². The van der Waals surface area contributed by atoms with E-state index in [2.05, 4.69) is 66.4 Å². The molecule has 0 atom stereocenters. The molecule has 0 spiro atoms. The fourth-order valence-electron chi connectivity index (χ4n) is 4.04. The fraction of sp³-hybridized carbons (Fsp3) is 0.250. The maximum absolute atomic E-state index is 12.5. The average molecular weight is 404 g/mol. The Hall–Kier alpha value is -2.79. The van der Waals surface area contributed by atoms with E-state index in [9.17, 15) is 4.79 Å². The van der Waals surface area contributed by atoms with Gasteiger partial charge in [-0.3, -0.25) is 4.79 Å². The number of hydrogen-bond donors (Lipinski definition) is 1. The van der Waals surface area contributed by atoms with E-state index in [0.717, 1.165) is 16.8 Å². The first-order valence-electron chi connectivity index (χ1n) is 9.69. The Morgan fingerprint density at radius 3 is 2.41 bits per heavy atom. The van der Waals surface area contributed by atoms with Crippen LogP contribution in [-0.2, 0) is 10.2 Å². The van der Waals surface area contributed by atoms with Crippen LogP contribution in [0.5, 0.6) is 0 Å². The average Bonchev–Trinajstić information content (AvgIpc) is 3.12. The van der Waals surface area contributed by atoms with Gasteiger partial charge in [0.25, 0.3) is 5.91 Å². The minimum atomic E-state index is -0.114. The summed E-state index contributed by atoms with van der Waals surface area (Å²) in [5.74, 6) is -0.104. The van der Waals surface area contributed by atoms with Gasteiger partial charge in [-0.25, -0.2) is 4.99 Å². The molecule has 0 saturated carbocycles. The first-order chi connectivity index (χ1) is 13.8. The van der Waals surface area contributed by atoms with Crippen molar-refractivity contribution in [3.8, 4) is 0 Å². The van der Waals surface area contributed by atoms with Crippen LogP contribution >= 0.6 is 11.8 Å². The predicted molar refractivity (Wildman–Crippen MR) is 123 cm³/mol. The molecule has 5 heteroatoms. The van der Waals surface area contributed by atoms with Crippen molar-refractivity contribution in [2.45, 2.75) is 33.1 Å². The van der Waals surface area contributed by atoms with Crippen molar-refractivity contribution in [3.63, 3.8) is 0 Å². The Labute approximate surface area is 176 Å². The zero-order valence-electron chi connectivity index (χ0n) is 17.4. The number of aliphatic imine (C=N–C) groups is 1. The third-order valence-electron chi connectivity index (χ3n) is 5.64. The second kappa shape index (κ2) is 7.23. The highest BCUT2D eigenvalue weighted by molar-refractivity contribution is 8.18. The number of fused-ring (bicyclic) bond motifs is 1. The topological polar surface area (TPSA) is 44.7 Å². The molecule has 2 heterocycles. The Morgan fingerprint density at radius 1 is 1.03 bits per heavy atom. The molecule has 2 aromatic carbocycles. The fourth-order valence-corrected chi connectivity index (χ4v) is 4.80. The highest BCUT2D eigenvalue weighted by Crippen LogP contribution is 2.46. The summed E-state index contributed by atoms with van der Waals surface area (Å²) < 4.78 is 0. The molecular formula is C24H25N3OS. The van der Waals surface area contributed by atoms with Crippen LogP contribution in [-0.4, -0.2) is 18.1 Å². The number of carbonyl (C=O) groups excluding carboxylic acids is 1. The number of carbonyl (C=O) groups is 1. The summed E-state index contributed by atoms with van der Waals surface area (Å²) in [4.78, 5) is 20.0. The number of allylic oxidation sites excluding steroid dienone is 3. The van der Waals surface area contributed by atoms with Gasteiger partial charge in [0.15, 0.2) is 5.17 Å². The molecule has 29 heavy (non-hydrogen) atoms. The van der Waals surface area contributed by atoms with Crippen LogP contribution in [0.15, 0.2) is 70.2 Å². The quantitative estimate of drug-likeness (QED) is 0.688. The monoisotopic (exact) mass is 403 g/mol. The minimum Gasteiger partial charge on any atom is -0.347 e. The van der Waals surface area contributed by atoms with Crippen LogP contribution in [0.25, 0.3) is 0 Å². The third-order valence-corrected chi connectivity index (χ3v) is 6.56. The van der Waals surface area contributed by atoms with Gasteiger partial charge < -0.3 is 10.2 Å². The van der Waals surface area contributed by atoms with Crippen molar-refractivity contribution in [1.82, 2.24) is 5.32 Å². The van der Waals surface area contributed by atoms with Gasteiger partial charge in [-0.1, -0.05) is 50.2 Å². The number of rotatable bonds is 2. The first kappa shape index (κ1) is 19.5. The summed E-state index contributed by atoms with van der Waals surface area (Å²) in [5, 5.41) is 3.52. The molecule has 1 amide bonds. The largest absolute Gasteiger partial charge is 0.347 e. The van der Waals surface area contributed by atoms with Crippen LogP contribution in [0.1, 0.15) is 30.5 Å². The zero-order valence-corrected chi connectivity index (χ0v) is 18.2. The van der Waals surface area contributed by atoms with E-state index >= 15 is 0 Å². The number of amidine groups is 1. The molecule has 0 bridgehead atoms. The van der Waals surface area contributed by atoms with E-state index in [0.29, 0.717) is 10.1 Å². The number of aryl methyl sites for hydroxylation is 2. The zero-order chi connectivity index (χ0) is 20.8. The molecule has 1 fully saturated rings. The lowest BCUT2D eigenvalue weighted by Crippen LogP contribution is -2.22. The van der Waals surface area contributed by atoms with Crippen molar-refractivity contribution < 1.29 is 4.79 Å². The molecule has 0 radical (unpaired) electrons. The summed E-state index contributed by atoms with van der Waals surface area (Å²) in [7, 11) is 2.08. The lowest BCUT2D eigenvalue weighted by Gasteiger charge is -2.23.